The summed E-state index contributed by atoms with van der Waals surface area (Å²) in [6.07, 6.45) is 2.10. The lowest BCUT2D eigenvalue weighted by atomic mass is 10.1. The van der Waals surface area contributed by atoms with Crippen LogP contribution in [-0.4, -0.2) is 46.3 Å². The van der Waals surface area contributed by atoms with E-state index in [4.69, 9.17) is 9.98 Å². The van der Waals surface area contributed by atoms with Crippen molar-refractivity contribution in [1.82, 2.24) is 30.4 Å². The number of halogens is 1. The molecule has 0 saturated carbocycles. The highest BCUT2D eigenvalue weighted by Gasteiger charge is 2.24. The minimum atomic E-state index is 0. The predicted octanol–water partition coefficient (Wildman–Crippen LogP) is 3.41. The van der Waals surface area contributed by atoms with E-state index in [1.807, 2.05) is 42.7 Å². The van der Waals surface area contributed by atoms with Gasteiger partial charge in [0.2, 0.25) is 0 Å². The second kappa shape index (κ2) is 10.3. The van der Waals surface area contributed by atoms with Gasteiger partial charge in [-0.2, -0.15) is 5.10 Å². The molecule has 1 aliphatic heterocycles. The topological polar surface area (TPSA) is 83.3 Å². The molecule has 0 radical (unpaired) electrons. The van der Waals surface area contributed by atoms with E-state index in [1.54, 1.807) is 0 Å². The Balaban J connectivity index is 0.00000272. The van der Waals surface area contributed by atoms with E-state index in [0.29, 0.717) is 6.54 Å². The van der Waals surface area contributed by atoms with E-state index in [9.17, 15) is 0 Å². The van der Waals surface area contributed by atoms with Crippen LogP contribution in [0.1, 0.15) is 43.0 Å². The molecule has 2 N–H and O–H groups in total. The van der Waals surface area contributed by atoms with Crippen LogP contribution in [0.3, 0.4) is 0 Å². The summed E-state index contributed by atoms with van der Waals surface area (Å²) in [5.74, 6) is 3.55. The van der Waals surface area contributed by atoms with Crippen molar-refractivity contribution in [3.8, 4) is 0 Å². The van der Waals surface area contributed by atoms with Gasteiger partial charge in [0.15, 0.2) is 5.96 Å². The van der Waals surface area contributed by atoms with E-state index in [0.717, 1.165) is 65.8 Å². The Bertz CT molecular complexity index is 1060. The number of aliphatic imine (C=N–C) groups is 1. The van der Waals surface area contributed by atoms with Crippen LogP contribution in [0.15, 0.2) is 35.3 Å². The largest absolute Gasteiger partial charge is 0.363 e. The Kier molecular flexibility index (Phi) is 7.69. The summed E-state index contributed by atoms with van der Waals surface area (Å²) in [5, 5.41) is 12.6. The average molecular weight is 534 g/mol. The second-order valence-corrected chi connectivity index (χ2v) is 7.83. The summed E-state index contributed by atoms with van der Waals surface area (Å²) in [4.78, 5) is 16.3. The quantitative estimate of drug-likeness (QED) is 0.297. The van der Waals surface area contributed by atoms with E-state index < -0.39 is 0 Å². The normalized spacial score (nSPS) is 15.9. The number of anilines is 1. The minimum absolute atomic E-state index is 0. The lowest BCUT2D eigenvalue weighted by molar-refractivity contribution is 0.397. The zero-order valence-corrected chi connectivity index (χ0v) is 20.9. The van der Waals surface area contributed by atoms with Crippen LogP contribution < -0.4 is 15.5 Å². The van der Waals surface area contributed by atoms with E-state index in [-0.39, 0.29) is 30.0 Å². The van der Waals surface area contributed by atoms with Crippen molar-refractivity contribution in [2.45, 2.75) is 45.8 Å². The number of hydrogen-bond donors (Lipinski definition) is 2. The molecule has 1 unspecified atom stereocenters. The molecule has 0 bridgehead atoms. The first kappa shape index (κ1) is 23.2. The molecule has 1 atom stereocenters. The number of hydrogen-bond acceptors (Lipinski definition) is 5. The summed E-state index contributed by atoms with van der Waals surface area (Å²) in [6, 6.07) is 10.5. The van der Waals surface area contributed by atoms with E-state index in [2.05, 4.69) is 45.8 Å². The average Bonchev–Trinajstić information content (AvgIpc) is 3.13. The molecule has 0 amide bonds. The Hall–Kier alpha value is -2.43. The van der Waals surface area contributed by atoms with Gasteiger partial charge < -0.3 is 15.5 Å². The lowest BCUT2D eigenvalue weighted by Gasteiger charge is -2.25. The molecule has 0 saturated heterocycles. The molecule has 0 aliphatic carbocycles. The van der Waals surface area contributed by atoms with E-state index >= 15 is 0 Å². The van der Waals surface area contributed by atoms with Crippen molar-refractivity contribution in [3.63, 3.8) is 0 Å². The second-order valence-electron chi connectivity index (χ2n) is 7.83. The van der Waals surface area contributed by atoms with Gasteiger partial charge in [-0.15, -0.1) is 24.0 Å². The molecule has 1 aromatic carbocycles. The molecule has 166 valence electrons. The van der Waals surface area contributed by atoms with Crippen molar-refractivity contribution >= 4 is 46.7 Å². The Morgan fingerprint density at radius 1 is 1.26 bits per heavy atom. The van der Waals surface area contributed by atoms with Crippen LogP contribution >= 0.6 is 24.0 Å². The minimum Gasteiger partial charge on any atom is -0.363 e. The third-order valence-corrected chi connectivity index (χ3v) is 5.29. The Labute approximate surface area is 200 Å². The summed E-state index contributed by atoms with van der Waals surface area (Å²) in [5.41, 5.74) is 2.15. The van der Waals surface area contributed by atoms with Crippen LogP contribution in [-0.2, 0) is 13.1 Å². The maximum atomic E-state index is 4.90. The Morgan fingerprint density at radius 2 is 2.06 bits per heavy atom. The standard InChI is InChI=1S/C22H30N8.HI/c1-5-23-22(27-19-11-8-12-30-21(19)25-15(2)28-30)24-14-16-13-20(29(3)4)26-18-10-7-6-9-17(16)18;/h6-7,9-10,13,19H,5,8,11-12,14H2,1-4H3,(H2,23,24,27);1H. The van der Waals surface area contributed by atoms with Crippen LogP contribution in [0.4, 0.5) is 5.82 Å². The number of benzene rings is 1. The van der Waals surface area contributed by atoms with Crippen molar-refractivity contribution in [1.29, 1.82) is 0 Å². The molecule has 4 rings (SSSR count). The molecule has 3 heterocycles. The summed E-state index contributed by atoms with van der Waals surface area (Å²) >= 11 is 0. The van der Waals surface area contributed by atoms with Crippen molar-refractivity contribution in [2.75, 3.05) is 25.5 Å². The van der Waals surface area contributed by atoms with Gasteiger partial charge in [0, 0.05) is 32.6 Å². The number of guanidine groups is 1. The molecule has 9 heteroatoms. The fourth-order valence-corrected chi connectivity index (χ4v) is 3.85. The summed E-state index contributed by atoms with van der Waals surface area (Å²) in [6.45, 7) is 6.32. The summed E-state index contributed by atoms with van der Waals surface area (Å²) < 4.78 is 2.01. The number of fused-ring (bicyclic) bond motifs is 2. The highest BCUT2D eigenvalue weighted by molar-refractivity contribution is 14.0. The van der Waals surface area contributed by atoms with Crippen LogP contribution in [0, 0.1) is 6.92 Å². The first-order valence-corrected chi connectivity index (χ1v) is 10.6. The Morgan fingerprint density at radius 3 is 2.84 bits per heavy atom. The summed E-state index contributed by atoms with van der Waals surface area (Å²) in [7, 11) is 4.02. The third-order valence-electron chi connectivity index (χ3n) is 5.29. The van der Waals surface area contributed by atoms with Gasteiger partial charge >= 0.3 is 0 Å². The zero-order valence-electron chi connectivity index (χ0n) is 18.6. The van der Waals surface area contributed by atoms with Crippen molar-refractivity contribution in [3.05, 3.63) is 47.5 Å². The van der Waals surface area contributed by atoms with Gasteiger partial charge in [-0.3, -0.25) is 0 Å². The van der Waals surface area contributed by atoms with Crippen LogP contribution in [0.5, 0.6) is 0 Å². The first-order valence-electron chi connectivity index (χ1n) is 10.6. The molecule has 1 aliphatic rings. The van der Waals surface area contributed by atoms with Crippen LogP contribution in [0.25, 0.3) is 10.9 Å². The zero-order chi connectivity index (χ0) is 21.1. The molecule has 0 spiro atoms. The number of aromatic nitrogens is 4. The third kappa shape index (κ3) is 5.25. The van der Waals surface area contributed by atoms with E-state index in [1.165, 1.54) is 0 Å². The number of pyridine rings is 1. The molecular formula is C22H31IN8. The highest BCUT2D eigenvalue weighted by atomic mass is 127. The van der Waals surface area contributed by atoms with Crippen molar-refractivity contribution < 1.29 is 0 Å². The monoisotopic (exact) mass is 534 g/mol. The molecule has 0 fully saturated rings. The van der Waals surface area contributed by atoms with Gasteiger partial charge in [0.1, 0.15) is 17.5 Å². The van der Waals surface area contributed by atoms with Gasteiger partial charge in [-0.1, -0.05) is 18.2 Å². The molecule has 31 heavy (non-hydrogen) atoms. The van der Waals surface area contributed by atoms with Crippen LogP contribution in [0.2, 0.25) is 0 Å². The smallest absolute Gasteiger partial charge is 0.192 e. The number of rotatable bonds is 5. The molecule has 2 aromatic heterocycles. The lowest BCUT2D eigenvalue weighted by Crippen LogP contribution is -2.41. The molecule has 3 aromatic rings. The SMILES string of the molecule is CCNC(=NCc1cc(N(C)C)nc2ccccc12)NC1CCCn2nc(C)nc21.I. The van der Waals surface area contributed by atoms with Crippen molar-refractivity contribution in [2.24, 2.45) is 4.99 Å². The van der Waals surface area contributed by atoms with Gasteiger partial charge in [0.05, 0.1) is 18.1 Å². The fraction of sp³-hybridized carbons (Fsp3) is 0.455. The number of nitrogens with zero attached hydrogens (tertiary/aromatic N) is 6. The number of para-hydroxylation sites is 1. The van der Waals surface area contributed by atoms with Gasteiger partial charge in [-0.25, -0.2) is 19.6 Å². The number of nitrogens with one attached hydrogen (secondary N) is 2. The predicted molar refractivity (Wildman–Crippen MR) is 136 cm³/mol. The maximum absolute atomic E-state index is 4.90. The van der Waals surface area contributed by atoms with Gasteiger partial charge in [-0.05, 0) is 44.4 Å². The molecule has 8 nitrogen and oxygen atoms in total. The fourth-order valence-electron chi connectivity index (χ4n) is 3.85. The maximum Gasteiger partial charge on any atom is 0.192 e. The first-order chi connectivity index (χ1) is 14.5. The number of aryl methyl sites for hydroxylation is 2. The highest BCUT2D eigenvalue weighted by Crippen LogP contribution is 2.24. The van der Waals surface area contributed by atoms with Gasteiger partial charge in [0.25, 0.3) is 0 Å². The molecular weight excluding hydrogens is 503 g/mol.